The lowest BCUT2D eigenvalue weighted by atomic mass is 9.84. The molecule has 104 heavy (non-hydrogen) atoms. The fraction of sp³-hybridized carbons (Fsp3) is 0.443. The van der Waals surface area contributed by atoms with E-state index in [0.29, 0.717) is 0 Å². The first kappa shape index (κ1) is 77.2. The zero-order valence-electron chi connectivity index (χ0n) is 56.7. The monoisotopic (exact) mass is 1490 g/mol. The molecule has 5 aromatic rings. The number of phenols is 3. The number of Topliss-reactive ketones (excluding diaryl/α,β-unsaturated/α-hetero) is 2. The highest BCUT2D eigenvalue weighted by Crippen LogP contribution is 2.50. The molecule has 0 aromatic heterocycles. The highest BCUT2D eigenvalue weighted by molar-refractivity contribution is 6.32. The lowest BCUT2D eigenvalue weighted by Gasteiger charge is -2.47. The summed E-state index contributed by atoms with van der Waals surface area (Å²) in [7, 11) is 2.33. The number of methoxy groups -OCH3 is 1. The van der Waals surface area contributed by atoms with Crippen molar-refractivity contribution in [1.82, 2.24) is 26.2 Å². The van der Waals surface area contributed by atoms with Crippen LogP contribution in [-0.4, -0.2) is 198 Å². The lowest BCUT2D eigenvalue weighted by Crippen LogP contribution is -2.64. The number of carboxylic acids is 1. The van der Waals surface area contributed by atoms with Crippen LogP contribution in [-0.2, 0) is 63.7 Å². The van der Waals surface area contributed by atoms with Crippen molar-refractivity contribution in [3.8, 4) is 57.1 Å². The van der Waals surface area contributed by atoms with Gasteiger partial charge in [-0.05, 0) is 103 Å². The minimum Gasteiger partial charge on any atom is -0.508 e. The molecule has 7 heterocycles. The summed E-state index contributed by atoms with van der Waals surface area (Å²) in [6.45, 7) is 5.54. The number of rotatable bonds is 13. The summed E-state index contributed by atoms with van der Waals surface area (Å²) in [5.41, 5.74) is 9.08. The van der Waals surface area contributed by atoms with Crippen LogP contribution in [0.4, 0.5) is 4.79 Å². The molecule has 32 nitrogen and oxygen atoms in total. The third kappa shape index (κ3) is 16.5. The maximum atomic E-state index is 16.2. The van der Waals surface area contributed by atoms with E-state index >= 15 is 19.2 Å². The van der Waals surface area contributed by atoms with Crippen LogP contribution in [0, 0.1) is 11.8 Å². The molecule has 0 aliphatic carbocycles. The smallest absolute Gasteiger partial charge is 0.409 e. The second-order valence-corrected chi connectivity index (χ2v) is 27.8. The van der Waals surface area contributed by atoms with Crippen molar-refractivity contribution < 1.29 is 122 Å². The molecule has 9 unspecified atom stereocenters. The second kappa shape index (κ2) is 31.5. The molecule has 0 saturated carbocycles. The van der Waals surface area contributed by atoms with Crippen molar-refractivity contribution >= 4 is 76.4 Å². The number of aliphatic hydroxyl groups excluding tert-OH is 5. The molecule has 7 aliphatic heterocycles. The minimum atomic E-state index is -2.19. The highest BCUT2D eigenvalue weighted by Gasteiger charge is 2.51. The Bertz CT molecular complexity index is 4200. The number of carboxylic acid groups (broad SMARTS) is 1. The summed E-state index contributed by atoms with van der Waals surface area (Å²) in [4.78, 5) is 132. The normalized spacial score (nSPS) is 28.3. The van der Waals surface area contributed by atoms with Gasteiger partial charge in [0.25, 0.3) is 0 Å². The first-order valence-corrected chi connectivity index (χ1v) is 33.7. The van der Waals surface area contributed by atoms with E-state index in [1.165, 1.54) is 57.3 Å². The van der Waals surface area contributed by atoms with E-state index in [9.17, 15) is 69.9 Å². The number of primary amides is 1. The molecule has 34 heteroatoms. The van der Waals surface area contributed by atoms with E-state index < -0.39 is 234 Å². The summed E-state index contributed by atoms with van der Waals surface area (Å²) in [6.07, 6.45) is -19.9. The molecule has 2 fully saturated rings. The Labute approximate surface area is 603 Å². The minimum absolute atomic E-state index is 0.0209. The number of ether oxygens (including phenoxy) is 7. The molecule has 558 valence electrons. The predicted molar refractivity (Wildman–Crippen MR) is 362 cm³/mol. The van der Waals surface area contributed by atoms with Gasteiger partial charge in [0.05, 0.1) is 47.8 Å². The van der Waals surface area contributed by atoms with Crippen LogP contribution < -0.4 is 46.9 Å². The van der Waals surface area contributed by atoms with E-state index in [0.717, 1.165) is 54.5 Å². The Morgan fingerprint density at radius 2 is 1.43 bits per heavy atom. The third-order valence-corrected chi connectivity index (χ3v) is 19.4. The van der Waals surface area contributed by atoms with Crippen molar-refractivity contribution in [1.29, 1.82) is 0 Å². The maximum Gasteiger partial charge on any atom is 0.409 e. The number of aliphatic hydroxyl groups is 5. The molecule has 6 amide bonds. The molecule has 11 bridgehead atoms. The molecule has 5 aromatic carbocycles. The molecule has 17 N–H and O–H groups in total. The summed E-state index contributed by atoms with van der Waals surface area (Å²) in [5, 5.41) is 112. The fourth-order valence-electron chi connectivity index (χ4n) is 13.3. The number of nitrogens with one attached hydrogen (secondary N) is 4. The number of carbonyl (C=O) groups excluding carboxylic acids is 8. The Morgan fingerprint density at radius 3 is 2.05 bits per heavy atom. The highest BCUT2D eigenvalue weighted by atomic mass is 35.5. The number of nitrogens with two attached hydrogens (primary N) is 2. The van der Waals surface area contributed by atoms with Crippen LogP contribution in [0.3, 0.4) is 0 Å². The molecule has 7 aliphatic rings. The molecular weight excluding hydrogens is 1410 g/mol. The number of aromatic hydroxyl groups is 3. The van der Waals surface area contributed by atoms with Gasteiger partial charge >= 0.3 is 12.1 Å². The van der Waals surface area contributed by atoms with Crippen LogP contribution in [0.5, 0.6) is 46.0 Å². The van der Waals surface area contributed by atoms with Gasteiger partial charge in [0.2, 0.25) is 41.6 Å². The van der Waals surface area contributed by atoms with Crippen molar-refractivity contribution in [3.05, 3.63) is 117 Å². The quantitative estimate of drug-likeness (QED) is 0.0805. The molecular formula is C70H79Cl2N7O25. The topological polar surface area (TPSA) is 504 Å². The molecule has 0 radical (unpaired) electrons. The van der Waals surface area contributed by atoms with E-state index in [1.54, 1.807) is 13.8 Å². The number of likely N-dealkylation sites (N-methyl/N-ethyl adjacent to an activating group) is 1. The van der Waals surface area contributed by atoms with Gasteiger partial charge in [-0.25, -0.2) is 9.59 Å². The summed E-state index contributed by atoms with van der Waals surface area (Å²) in [6, 6.07) is 5.29. The van der Waals surface area contributed by atoms with E-state index in [4.69, 9.17) is 67.8 Å². The van der Waals surface area contributed by atoms with Crippen LogP contribution in [0.1, 0.15) is 112 Å². The zero-order valence-corrected chi connectivity index (χ0v) is 58.2. The van der Waals surface area contributed by atoms with E-state index in [2.05, 4.69) is 21.3 Å². The SMILES string of the molecule is COC(=O)N(C)[C@H](CC(C)C)C(=O)N[C@H]1C(=O)C[C@@H](CC(N)=O)C(=O)N[C@H]2C(=O)C[C@H]3C(=O)N[C@@H](Cc4ccc(c(Cl)c4)Oc4cc2cc(c4OC2OC(CO)C(O)C(O)C2OC2CC(C)(N)C(O)C(C)O2)Oc2ccc(cc2Cl)[C@H]1O)C(=O)N[C@H](C(=O)O)c1cc(O)cc(O)c1-c1cc3ccc1O. The average Bonchev–Trinajstić information content (AvgIpc) is 0.771. The van der Waals surface area contributed by atoms with Gasteiger partial charge in [0, 0.05) is 67.4 Å². The zero-order chi connectivity index (χ0) is 75.8. The number of hydrogen-bond acceptors (Lipinski definition) is 25. The maximum absolute atomic E-state index is 16.2. The Balaban J connectivity index is 1.23. The third-order valence-electron chi connectivity index (χ3n) is 18.8. The lowest BCUT2D eigenvalue weighted by molar-refractivity contribution is -0.333. The number of halogens is 2. The largest absolute Gasteiger partial charge is 0.508 e. The number of carbonyl (C=O) groups is 9. The number of hydrogen-bond donors (Lipinski definition) is 15. The van der Waals surface area contributed by atoms with Crippen LogP contribution in [0.25, 0.3) is 11.1 Å². The van der Waals surface area contributed by atoms with Crippen LogP contribution in [0.15, 0.2) is 78.9 Å². The molecule has 2 saturated heterocycles. The number of ketones is 2. The summed E-state index contributed by atoms with van der Waals surface area (Å²) in [5.74, 6) is -18.3. The Kier molecular flexibility index (Phi) is 23.4. The van der Waals surface area contributed by atoms with Gasteiger partial charge in [-0.15, -0.1) is 0 Å². The van der Waals surface area contributed by atoms with Gasteiger partial charge in [0.1, 0.15) is 77.3 Å². The van der Waals surface area contributed by atoms with Gasteiger partial charge in [-0.1, -0.05) is 55.2 Å². The number of benzene rings is 5. The standard InChI is InChI=1S/C70H79Cl2N7O25/c1-27(2)13-41(79(5)69(97)98-6)66(94)78-56-44(84)18-33(21-51(73)86)63(91)76-54-32-19-48(60(49(20-32)101-47-12-9-31(57(56)87)17-39(47)72)104-68-61(59(89)58(88)50(26-80)102-68)103-52-25-70(4,74)62(90)28(3)99-52)100-46-11-7-29(14-38(46)71)15-40-65(93)77-55(67(95)96)37-22-34(81)23-43(83)53(37)36-16-30(8-10-42(36)82)35(24-45(54)85)64(92)75-40/h7-12,14,16-17,19-20,22-23,27-28,33,35,40-41,50,52,54-59,61-62,68,80-83,87-90H,13,15,18,21,24-26,74H2,1-6H3,(H2,73,86)(H,75,92)(H,76,91)(H,77,93)(H,78,94)(H,95,96)/t28?,33-,35+,40-,41+,50?,52?,54+,55-,56-,57+,58?,59?,61?,62?,68?,70?/m0/s1. The van der Waals surface area contributed by atoms with E-state index in [1.807, 2.05) is 0 Å². The Morgan fingerprint density at radius 1 is 0.769 bits per heavy atom. The predicted octanol–water partition coefficient (Wildman–Crippen LogP) is 3.07. The number of aliphatic carboxylic acids is 1. The molecule has 17 atom stereocenters. The van der Waals surface area contributed by atoms with Crippen LogP contribution >= 0.6 is 23.2 Å². The number of phenolic OH excluding ortho intramolecular Hbond substituents is 3. The van der Waals surface area contributed by atoms with Crippen molar-refractivity contribution in [3.63, 3.8) is 0 Å². The molecule has 12 rings (SSSR count). The summed E-state index contributed by atoms with van der Waals surface area (Å²) < 4.78 is 43.5. The van der Waals surface area contributed by atoms with Crippen molar-refractivity contribution in [2.75, 3.05) is 20.8 Å². The van der Waals surface area contributed by atoms with Gasteiger partial charge in [-0.3, -0.25) is 38.5 Å². The van der Waals surface area contributed by atoms with Gasteiger partial charge in [-0.2, -0.15) is 0 Å². The van der Waals surface area contributed by atoms with Crippen molar-refractivity contribution in [2.24, 2.45) is 23.3 Å². The number of nitrogens with zero attached hydrogens (tertiary/aromatic N) is 1. The fourth-order valence-corrected chi connectivity index (χ4v) is 13.8. The number of amides is 6. The first-order valence-electron chi connectivity index (χ1n) is 32.9. The second-order valence-electron chi connectivity index (χ2n) is 27.0. The van der Waals surface area contributed by atoms with Gasteiger partial charge in [0.15, 0.2) is 41.5 Å². The average molecular weight is 1490 g/mol. The summed E-state index contributed by atoms with van der Waals surface area (Å²) >= 11 is 14.2. The van der Waals surface area contributed by atoms with Crippen LogP contribution in [0.2, 0.25) is 10.0 Å². The number of fused-ring (bicyclic) bond motifs is 15. The van der Waals surface area contributed by atoms with Gasteiger partial charge < -0.3 is 112 Å². The van der Waals surface area contributed by atoms with Crippen molar-refractivity contribution in [2.45, 2.75) is 163 Å². The van der Waals surface area contributed by atoms with E-state index in [-0.39, 0.29) is 68.1 Å². The first-order chi connectivity index (χ1) is 49.1. The molecule has 0 spiro atoms. The Hall–Kier alpha value is -9.45.